The fraction of sp³-hybridized carbons (Fsp3) is 0.167. The third kappa shape index (κ3) is 5.24. The van der Waals surface area contributed by atoms with E-state index in [9.17, 15) is 0 Å². The molecule has 1 aliphatic rings. The Labute approximate surface area is 257 Å². The van der Waals surface area contributed by atoms with Gasteiger partial charge < -0.3 is 4.98 Å². The predicted molar refractivity (Wildman–Crippen MR) is 168 cm³/mol. The van der Waals surface area contributed by atoms with Crippen molar-refractivity contribution in [2.45, 2.75) is 41.5 Å². The zero-order valence-corrected chi connectivity index (χ0v) is 26.4. The molecule has 0 saturated carbocycles. The number of hydrogen-bond donors (Lipinski definition) is 0. The first-order valence-corrected chi connectivity index (χ1v) is 13.7. The molecular weight excluding hydrogens is 685 g/mol. The van der Waals surface area contributed by atoms with E-state index in [1.807, 2.05) is 24.4 Å². The Morgan fingerprint density at radius 1 is 0.585 bits per heavy atom. The molecular formula is C36H33AuN4+2. The number of benzene rings is 4. The summed E-state index contributed by atoms with van der Waals surface area (Å²) in [6.07, 6.45) is 1.85. The van der Waals surface area contributed by atoms with Crippen molar-refractivity contribution in [3.05, 3.63) is 125 Å². The molecule has 0 fully saturated rings. The summed E-state index contributed by atoms with van der Waals surface area (Å²) in [5.74, 6) is 0.923. The van der Waals surface area contributed by atoms with E-state index in [1.54, 1.807) is 0 Å². The molecule has 0 bridgehead atoms. The number of hydrogen-bond acceptors (Lipinski definition) is 1. The molecule has 0 spiro atoms. The summed E-state index contributed by atoms with van der Waals surface area (Å²) in [5, 5.41) is 2.50. The Balaban J connectivity index is 0.000000201. The molecule has 7 rings (SSSR count). The zero-order valence-electron chi connectivity index (χ0n) is 24.3. The molecule has 0 radical (unpaired) electrons. The van der Waals surface area contributed by atoms with Crippen LogP contribution in [0.25, 0.3) is 21.8 Å². The van der Waals surface area contributed by atoms with Crippen molar-refractivity contribution in [3.63, 3.8) is 0 Å². The molecule has 0 amide bonds. The topological polar surface area (TPSA) is 33.0 Å². The Kier molecular flexibility index (Phi) is 7.95. The van der Waals surface area contributed by atoms with E-state index in [0.29, 0.717) is 0 Å². The Morgan fingerprint density at radius 3 is 1.56 bits per heavy atom. The minimum atomic E-state index is 0. The number of nitrogens with zero attached hydrogens (tertiary/aromatic N) is 4. The van der Waals surface area contributed by atoms with Gasteiger partial charge in [0, 0.05) is 34.5 Å². The van der Waals surface area contributed by atoms with Crippen LogP contribution in [-0.4, -0.2) is 11.0 Å². The molecule has 206 valence electrons. The summed E-state index contributed by atoms with van der Waals surface area (Å²) in [6, 6.07) is 33.1. The van der Waals surface area contributed by atoms with Crippen LogP contribution in [0.4, 0.5) is 22.9 Å². The third-order valence-electron chi connectivity index (χ3n) is 7.48. The van der Waals surface area contributed by atoms with Crippen molar-refractivity contribution in [3.8, 4) is 0 Å². The van der Waals surface area contributed by atoms with Crippen molar-refractivity contribution in [1.29, 1.82) is 0 Å². The van der Waals surface area contributed by atoms with Crippen LogP contribution in [0.5, 0.6) is 0 Å². The van der Waals surface area contributed by atoms with Crippen LogP contribution in [0.1, 0.15) is 33.4 Å². The first-order chi connectivity index (χ1) is 19.3. The third-order valence-corrected chi connectivity index (χ3v) is 7.48. The van der Waals surface area contributed by atoms with Gasteiger partial charge in [-0.15, -0.1) is 11.0 Å². The first kappa shape index (κ1) is 28.5. The van der Waals surface area contributed by atoms with Gasteiger partial charge in [0.05, 0.1) is 0 Å². The predicted octanol–water partition coefficient (Wildman–Crippen LogP) is 8.74. The first-order valence-electron chi connectivity index (χ1n) is 13.7. The van der Waals surface area contributed by atoms with E-state index in [0.717, 1.165) is 28.2 Å². The largest absolute Gasteiger partial charge is 1.00 e. The van der Waals surface area contributed by atoms with Crippen LogP contribution in [0.15, 0.2) is 91.1 Å². The summed E-state index contributed by atoms with van der Waals surface area (Å²) in [4.78, 5) is 9.21. The number of rotatable bonds is 2. The summed E-state index contributed by atoms with van der Waals surface area (Å²) < 4.78 is 4.27. The van der Waals surface area contributed by atoms with Crippen LogP contribution in [0, 0.1) is 41.5 Å². The number of pyridine rings is 1. The van der Waals surface area contributed by atoms with Crippen molar-refractivity contribution in [2.75, 3.05) is 0 Å². The van der Waals surface area contributed by atoms with Gasteiger partial charge in [-0.3, -0.25) is 0 Å². The standard InChI is InChI=1S/C24H25N3.C12H8N.Au/c1-15-10-17(3)22(18(4)11-15)26-14-27(24-21(26)8-7-9-25-24)23-19(5)12-16(2)13-20(23)6;1-3-7-11-9(5-1)10-6-2-4-8-12(10)13-11;/h7-13H,1-6H3;1-8H;/q+2;-1;+1. The molecule has 0 unspecified atom stereocenters. The molecule has 0 atom stereocenters. The summed E-state index contributed by atoms with van der Waals surface area (Å²) in [7, 11) is 0. The Morgan fingerprint density at radius 2 is 1.05 bits per heavy atom. The number of fused-ring (bicyclic) bond motifs is 4. The van der Waals surface area contributed by atoms with E-state index < -0.39 is 0 Å². The zero-order chi connectivity index (χ0) is 28.0. The van der Waals surface area contributed by atoms with Crippen LogP contribution in [0.3, 0.4) is 0 Å². The Hall–Kier alpha value is -4.05. The smallest absolute Gasteiger partial charge is 0.657 e. The second kappa shape index (κ2) is 11.4. The normalized spacial score (nSPS) is 11.9. The van der Waals surface area contributed by atoms with Crippen molar-refractivity contribution < 1.29 is 22.4 Å². The van der Waals surface area contributed by atoms with E-state index in [2.05, 4.69) is 128 Å². The number of para-hydroxylation sites is 2. The summed E-state index contributed by atoms with van der Waals surface area (Å²) >= 11 is 0. The van der Waals surface area contributed by atoms with Crippen molar-refractivity contribution in [2.24, 2.45) is 0 Å². The maximum atomic E-state index is 4.70. The molecule has 1 aliphatic heterocycles. The quantitative estimate of drug-likeness (QED) is 0.132. The van der Waals surface area contributed by atoms with Crippen LogP contribution in [0.2, 0.25) is 0 Å². The molecule has 2 aromatic heterocycles. The van der Waals surface area contributed by atoms with Gasteiger partial charge in [0.15, 0.2) is 0 Å². The number of aromatic nitrogens is 2. The molecule has 0 N–H and O–H groups in total. The second-order valence-electron chi connectivity index (χ2n) is 10.8. The Bertz CT molecular complexity index is 1820. The van der Waals surface area contributed by atoms with E-state index in [1.165, 1.54) is 49.8 Å². The van der Waals surface area contributed by atoms with Crippen molar-refractivity contribution >= 4 is 50.7 Å². The van der Waals surface area contributed by atoms with Crippen LogP contribution < -0.4 is 14.1 Å². The van der Waals surface area contributed by atoms with Crippen LogP contribution in [-0.2, 0) is 22.4 Å². The molecule has 0 saturated heterocycles. The van der Waals surface area contributed by atoms with E-state index in [-0.39, 0.29) is 22.4 Å². The maximum Gasteiger partial charge on any atom is 1.00 e. The molecule has 41 heavy (non-hydrogen) atoms. The average molecular weight is 719 g/mol. The summed E-state index contributed by atoms with van der Waals surface area (Å²) in [6.45, 7) is 12.9. The molecule has 0 aliphatic carbocycles. The molecule has 4 aromatic carbocycles. The second-order valence-corrected chi connectivity index (χ2v) is 10.8. The molecule has 6 aromatic rings. The minimum absolute atomic E-state index is 0. The fourth-order valence-corrected chi connectivity index (χ4v) is 6.04. The van der Waals surface area contributed by atoms with Gasteiger partial charge in [-0.25, -0.2) is 0 Å². The van der Waals surface area contributed by atoms with Gasteiger partial charge in [-0.1, -0.05) is 59.7 Å². The van der Waals surface area contributed by atoms with Gasteiger partial charge >= 0.3 is 39.9 Å². The maximum absolute atomic E-state index is 4.70. The SMILES string of the molecule is Cc1cc(C)c([N+]2=C=[N+](c3c(C)cc(C)cc3C)c3ncccc32)c(C)c1.[Au+].c1ccc2c(c1)[n-]c1ccccc12. The monoisotopic (exact) mass is 718 g/mol. The van der Waals surface area contributed by atoms with Crippen LogP contribution >= 0.6 is 0 Å². The average Bonchev–Trinajstić information content (AvgIpc) is 3.47. The van der Waals surface area contributed by atoms with Gasteiger partial charge in [0.25, 0.3) is 0 Å². The van der Waals surface area contributed by atoms with Crippen molar-refractivity contribution in [1.82, 2.24) is 19.1 Å². The molecule has 4 nitrogen and oxygen atoms in total. The van der Waals surface area contributed by atoms with Gasteiger partial charge in [0.2, 0.25) is 11.4 Å². The van der Waals surface area contributed by atoms with Gasteiger partial charge in [-0.05, 0) is 91.8 Å². The van der Waals surface area contributed by atoms with E-state index in [4.69, 9.17) is 4.98 Å². The molecule has 5 heteroatoms. The van der Waals surface area contributed by atoms with Gasteiger partial charge in [0.1, 0.15) is 0 Å². The van der Waals surface area contributed by atoms with Gasteiger partial charge in [-0.2, -0.15) is 4.98 Å². The van der Waals surface area contributed by atoms with E-state index >= 15 is 0 Å². The minimum Gasteiger partial charge on any atom is -0.657 e. The fourth-order valence-electron chi connectivity index (χ4n) is 6.04. The summed E-state index contributed by atoms with van der Waals surface area (Å²) in [5.41, 5.74) is 13.1. The number of aryl methyl sites for hydroxylation is 6. The molecule has 3 heterocycles.